The zero-order chi connectivity index (χ0) is 7.33. The summed E-state index contributed by atoms with van der Waals surface area (Å²) in [4.78, 5) is 0. The summed E-state index contributed by atoms with van der Waals surface area (Å²) >= 11 is 6.07. The van der Waals surface area contributed by atoms with Gasteiger partial charge in [-0.1, -0.05) is 19.5 Å². The van der Waals surface area contributed by atoms with Crippen LogP contribution in [-0.2, 0) is 0 Å². The zero-order valence-corrected chi connectivity index (χ0v) is 8.04. The smallest absolute Gasteiger partial charge is 0.150 e. The van der Waals surface area contributed by atoms with Gasteiger partial charge in [0.15, 0.2) is 0 Å². The van der Waals surface area contributed by atoms with Gasteiger partial charge in [0.25, 0.3) is 0 Å². The Morgan fingerprint density at radius 1 is 1.33 bits per heavy atom. The lowest BCUT2D eigenvalue weighted by Crippen LogP contribution is -2.15. The van der Waals surface area contributed by atoms with Crippen molar-refractivity contribution in [2.24, 2.45) is 5.73 Å². The lowest BCUT2D eigenvalue weighted by Gasteiger charge is -2.10. The Kier molecular flexibility index (Phi) is 4.53. The maximum Gasteiger partial charge on any atom is 0.150 e. The van der Waals surface area contributed by atoms with E-state index >= 15 is 0 Å². The molecular weight excluding hydrogens is 150 g/mol. The minimum Gasteiger partial charge on any atom is -0.330 e. The van der Waals surface area contributed by atoms with E-state index in [1.54, 1.807) is 0 Å². The normalized spacial score (nSPS) is 12.0. The summed E-state index contributed by atoms with van der Waals surface area (Å²) in [6.45, 7) is 5.15. The van der Waals surface area contributed by atoms with Crippen LogP contribution in [0.4, 0.5) is 0 Å². The van der Waals surface area contributed by atoms with Gasteiger partial charge < -0.3 is 5.73 Å². The van der Waals surface area contributed by atoms with Crippen LogP contribution in [-0.4, -0.2) is 13.9 Å². The van der Waals surface area contributed by atoms with Crippen molar-refractivity contribution >= 4 is 18.5 Å². The molecule has 0 unspecified atom stereocenters. The Bertz CT molecular complexity index is 69.9. The zero-order valence-electron chi connectivity index (χ0n) is 6.28. The Morgan fingerprint density at radius 2 is 1.89 bits per heavy atom. The van der Waals surface area contributed by atoms with Gasteiger partial charge in [-0.15, -0.1) is 0 Å². The van der Waals surface area contributed by atoms with Crippen LogP contribution in [0.3, 0.4) is 0 Å². The molecule has 0 aliphatic heterocycles. The van der Waals surface area contributed by atoms with Gasteiger partial charge >= 0.3 is 0 Å². The van der Waals surface area contributed by atoms with Crippen molar-refractivity contribution in [2.45, 2.75) is 32.0 Å². The van der Waals surface area contributed by atoms with Crippen LogP contribution in [0.25, 0.3) is 0 Å². The third kappa shape index (κ3) is 8.47. The molecule has 2 N–H and O–H groups in total. The Balaban J connectivity index is 3.07. The van der Waals surface area contributed by atoms with Crippen molar-refractivity contribution in [3.8, 4) is 0 Å². The Morgan fingerprint density at radius 3 is 2.22 bits per heavy atom. The van der Waals surface area contributed by atoms with E-state index in [9.17, 15) is 0 Å². The second kappa shape index (κ2) is 4.31. The van der Waals surface area contributed by atoms with Gasteiger partial charge in [0, 0.05) is 0 Å². The SMILES string of the molecule is C[Si](C)(Cl)CCCCN. The molecular formula is C6H16ClNSi. The van der Waals surface area contributed by atoms with Crippen LogP contribution in [0.15, 0.2) is 0 Å². The second-order valence-electron chi connectivity index (χ2n) is 2.96. The first-order valence-corrected chi connectivity index (χ1v) is 7.67. The molecule has 0 aliphatic carbocycles. The monoisotopic (exact) mass is 165 g/mol. The van der Waals surface area contributed by atoms with Crippen molar-refractivity contribution in [3.05, 3.63) is 0 Å². The summed E-state index contributed by atoms with van der Waals surface area (Å²) in [5.41, 5.74) is 5.33. The average molecular weight is 166 g/mol. The topological polar surface area (TPSA) is 26.0 Å². The third-order valence-electron chi connectivity index (χ3n) is 1.23. The molecule has 0 aromatic rings. The number of hydrogen-bond donors (Lipinski definition) is 1. The fourth-order valence-corrected chi connectivity index (χ4v) is 2.18. The van der Waals surface area contributed by atoms with Gasteiger partial charge in [0.05, 0.1) is 0 Å². The molecule has 56 valence electrons. The second-order valence-corrected chi connectivity index (χ2v) is 9.97. The molecule has 0 saturated heterocycles. The minimum absolute atomic E-state index is 0.807. The molecule has 0 aliphatic rings. The summed E-state index contributed by atoms with van der Waals surface area (Å²) < 4.78 is 0. The van der Waals surface area contributed by atoms with Crippen LogP contribution in [0.5, 0.6) is 0 Å². The molecule has 0 fully saturated rings. The van der Waals surface area contributed by atoms with Crippen molar-refractivity contribution in [1.29, 1.82) is 0 Å². The van der Waals surface area contributed by atoms with E-state index in [4.69, 9.17) is 16.8 Å². The van der Waals surface area contributed by atoms with Crippen LogP contribution >= 0.6 is 11.1 Å². The predicted molar refractivity (Wildman–Crippen MR) is 46.4 cm³/mol. The van der Waals surface area contributed by atoms with Crippen LogP contribution in [0.1, 0.15) is 12.8 Å². The van der Waals surface area contributed by atoms with Crippen LogP contribution < -0.4 is 5.73 Å². The fourth-order valence-electron chi connectivity index (χ4n) is 0.690. The van der Waals surface area contributed by atoms with E-state index in [1.807, 2.05) is 0 Å². The molecule has 0 amide bonds. The molecule has 0 heterocycles. The molecule has 1 nitrogen and oxygen atoms in total. The van der Waals surface area contributed by atoms with E-state index in [-0.39, 0.29) is 0 Å². The van der Waals surface area contributed by atoms with Crippen molar-refractivity contribution in [2.75, 3.05) is 6.54 Å². The maximum absolute atomic E-state index is 6.07. The van der Waals surface area contributed by atoms with Gasteiger partial charge in [-0.3, -0.25) is 0 Å². The van der Waals surface area contributed by atoms with Crippen molar-refractivity contribution in [3.63, 3.8) is 0 Å². The van der Waals surface area contributed by atoms with Crippen LogP contribution in [0.2, 0.25) is 19.1 Å². The molecule has 0 saturated carbocycles. The first kappa shape index (κ1) is 9.47. The van der Waals surface area contributed by atoms with Gasteiger partial charge in [-0.25, -0.2) is 0 Å². The van der Waals surface area contributed by atoms with Crippen molar-refractivity contribution in [1.82, 2.24) is 0 Å². The molecule has 3 heteroatoms. The molecule has 0 rings (SSSR count). The van der Waals surface area contributed by atoms with Gasteiger partial charge in [0.2, 0.25) is 0 Å². The number of rotatable bonds is 4. The fraction of sp³-hybridized carbons (Fsp3) is 1.00. The highest BCUT2D eigenvalue weighted by Crippen LogP contribution is 2.16. The summed E-state index contributed by atoms with van der Waals surface area (Å²) in [5.74, 6) is 0. The Labute approximate surface area is 63.3 Å². The van der Waals surface area contributed by atoms with E-state index in [2.05, 4.69) is 13.1 Å². The standard InChI is InChI=1S/C6H16ClNSi/c1-9(2,7)6-4-3-5-8/h3-6,8H2,1-2H3. The number of hydrogen-bond acceptors (Lipinski definition) is 1. The van der Waals surface area contributed by atoms with Gasteiger partial charge in [0.1, 0.15) is 7.38 Å². The number of halogens is 1. The van der Waals surface area contributed by atoms with E-state index in [1.165, 1.54) is 12.5 Å². The van der Waals surface area contributed by atoms with Crippen molar-refractivity contribution < 1.29 is 0 Å². The summed E-state index contributed by atoms with van der Waals surface area (Å²) in [7, 11) is -1.28. The van der Waals surface area contributed by atoms with E-state index < -0.39 is 7.38 Å². The number of nitrogens with two attached hydrogens (primary N) is 1. The molecule has 0 atom stereocenters. The third-order valence-corrected chi connectivity index (χ3v) is 3.33. The molecule has 0 bridgehead atoms. The van der Waals surface area contributed by atoms with E-state index in [0.29, 0.717) is 0 Å². The highest BCUT2D eigenvalue weighted by atomic mass is 35.6. The summed E-state index contributed by atoms with van der Waals surface area (Å²) in [5, 5.41) is 0. The van der Waals surface area contributed by atoms with E-state index in [0.717, 1.165) is 13.0 Å². The minimum atomic E-state index is -1.28. The lowest BCUT2D eigenvalue weighted by atomic mass is 10.3. The largest absolute Gasteiger partial charge is 0.330 e. The van der Waals surface area contributed by atoms with Gasteiger partial charge in [-0.2, -0.15) is 11.1 Å². The molecule has 0 radical (unpaired) electrons. The predicted octanol–water partition coefficient (Wildman–Crippen LogP) is 2.17. The quantitative estimate of drug-likeness (QED) is 0.386. The average Bonchev–Trinajstić information content (AvgIpc) is 1.63. The van der Waals surface area contributed by atoms with Gasteiger partial charge in [-0.05, 0) is 19.0 Å². The molecule has 0 aromatic carbocycles. The Hall–Kier alpha value is 0.467. The summed E-state index contributed by atoms with van der Waals surface area (Å²) in [6, 6.07) is 1.20. The number of unbranched alkanes of at least 4 members (excludes halogenated alkanes) is 1. The highest BCUT2D eigenvalue weighted by molar-refractivity contribution is 7.19. The highest BCUT2D eigenvalue weighted by Gasteiger charge is 2.14. The van der Waals surface area contributed by atoms with Crippen LogP contribution in [0, 0.1) is 0 Å². The summed E-state index contributed by atoms with van der Waals surface area (Å²) in [6.07, 6.45) is 2.34. The lowest BCUT2D eigenvalue weighted by molar-refractivity contribution is 0.799. The molecule has 9 heavy (non-hydrogen) atoms. The first-order chi connectivity index (χ1) is 4.06. The first-order valence-electron chi connectivity index (χ1n) is 3.45. The molecule has 0 aromatic heterocycles. The maximum atomic E-state index is 6.07. The molecule has 0 spiro atoms.